The summed E-state index contributed by atoms with van der Waals surface area (Å²) in [7, 11) is 4.62. The number of amides is 1. The van der Waals surface area contributed by atoms with E-state index in [1.54, 1.807) is 27.9 Å². The number of carbonyl (C=O) groups excluding carboxylic acids is 4. The van der Waals surface area contributed by atoms with Gasteiger partial charge in [0.2, 0.25) is 5.79 Å². The molecule has 13 heteroatoms. The summed E-state index contributed by atoms with van der Waals surface area (Å²) >= 11 is 0. The normalized spacial score (nSPS) is 42.1. The van der Waals surface area contributed by atoms with Gasteiger partial charge in [-0.2, -0.15) is 0 Å². The van der Waals surface area contributed by atoms with Gasteiger partial charge >= 0.3 is 5.97 Å². The summed E-state index contributed by atoms with van der Waals surface area (Å²) in [6.07, 6.45) is 3.09. The minimum absolute atomic E-state index is 0.00142. The lowest BCUT2D eigenvalue weighted by Gasteiger charge is -2.47. The molecule has 1 aliphatic carbocycles. The van der Waals surface area contributed by atoms with Crippen LogP contribution in [0.2, 0.25) is 0 Å². The monoisotopic (exact) mass is 777 g/mol. The Morgan fingerprint density at radius 3 is 2.18 bits per heavy atom. The fourth-order valence-electron chi connectivity index (χ4n) is 9.16. The maximum Gasteiger partial charge on any atom is 0.329 e. The molecule has 2 unspecified atom stereocenters. The predicted octanol–water partition coefficient (Wildman–Crippen LogP) is 4.08. The highest BCUT2D eigenvalue weighted by molar-refractivity contribution is 6.39. The molecule has 0 aromatic carbocycles. The molecule has 312 valence electrons. The number of hydrogen-bond donors (Lipinski definition) is 3. The number of nitrogens with zero attached hydrogens (tertiary/aromatic N) is 1. The zero-order valence-corrected chi connectivity index (χ0v) is 34.4. The molecule has 3 fully saturated rings. The number of rotatable bonds is 5. The third-order valence-electron chi connectivity index (χ3n) is 12.6. The van der Waals surface area contributed by atoms with Gasteiger partial charge in [-0.1, -0.05) is 45.4 Å². The summed E-state index contributed by atoms with van der Waals surface area (Å²) in [5.41, 5.74) is 1.64. The molecule has 1 amide bonds. The van der Waals surface area contributed by atoms with Gasteiger partial charge in [-0.15, -0.1) is 0 Å². The van der Waals surface area contributed by atoms with Crippen molar-refractivity contribution in [1.29, 1.82) is 0 Å². The van der Waals surface area contributed by atoms with E-state index in [2.05, 4.69) is 0 Å². The van der Waals surface area contributed by atoms with Crippen LogP contribution < -0.4 is 0 Å². The average molecular weight is 778 g/mol. The second-order valence-electron chi connectivity index (χ2n) is 16.9. The van der Waals surface area contributed by atoms with Crippen LogP contribution in [0.3, 0.4) is 0 Å². The van der Waals surface area contributed by atoms with Gasteiger partial charge in [0, 0.05) is 52.0 Å². The van der Waals surface area contributed by atoms with Crippen molar-refractivity contribution < 1.29 is 58.2 Å². The van der Waals surface area contributed by atoms with Crippen LogP contribution in [0.5, 0.6) is 0 Å². The topological polar surface area (TPSA) is 178 Å². The maximum atomic E-state index is 14.2. The van der Waals surface area contributed by atoms with Gasteiger partial charge in [-0.25, -0.2) is 4.79 Å². The highest BCUT2D eigenvalue weighted by atomic mass is 16.7. The molecule has 13 nitrogen and oxygen atoms in total. The van der Waals surface area contributed by atoms with E-state index < -0.39 is 83.9 Å². The number of methoxy groups -OCH3 is 3. The molecule has 0 aromatic rings. The van der Waals surface area contributed by atoms with Crippen molar-refractivity contribution in [3.8, 4) is 0 Å². The number of Topliss-reactive ketones (excluding diaryl/α,β-unsaturated/α-hetero) is 2. The van der Waals surface area contributed by atoms with E-state index >= 15 is 0 Å². The van der Waals surface area contributed by atoms with Crippen LogP contribution in [0.25, 0.3) is 0 Å². The molecule has 3 heterocycles. The van der Waals surface area contributed by atoms with E-state index in [0.717, 1.165) is 5.57 Å². The number of ketones is 2. The van der Waals surface area contributed by atoms with Gasteiger partial charge in [0.05, 0.1) is 30.5 Å². The quantitative estimate of drug-likeness (QED) is 0.207. The van der Waals surface area contributed by atoms with Gasteiger partial charge in [0.15, 0.2) is 0 Å². The Kier molecular flexibility index (Phi) is 16.2. The minimum atomic E-state index is -2.50. The second kappa shape index (κ2) is 19.8. The van der Waals surface area contributed by atoms with Gasteiger partial charge in [-0.3, -0.25) is 14.4 Å². The van der Waals surface area contributed by atoms with E-state index in [9.17, 15) is 34.5 Å². The van der Waals surface area contributed by atoms with Crippen molar-refractivity contribution in [1.82, 2.24) is 4.90 Å². The van der Waals surface area contributed by atoms with Crippen LogP contribution in [-0.2, 0) is 42.9 Å². The number of allylic oxidation sites excluding steroid dienone is 3. The number of hydrogen-bond acceptors (Lipinski definition) is 12. The number of piperidine rings is 1. The standard InChI is InChI=1S/C42H67NO12/c1-23-16-24(2)18-35(52-8)38-36(53-9)20-27(5)42(50,55-38)39(47)40(48)43-15-11-10-12-30(43)41(49)54-37(28(6)33(46)22-32(45)25(3)17-23)26(4)19-29-13-14-31(44)34(21-29)51-7/h17,19,24-25,27-31,33-38,44,46,50H,10-16,18,20-22H2,1-9H3/b23-17-,26-19+/t24-,25+,27+,28+,29-,30-,31+,33-,34+,35?,36-,37?,38+,42+/m0/s1. The molecule has 4 aliphatic rings. The number of aliphatic hydroxyl groups excluding tert-OH is 2. The Morgan fingerprint density at radius 1 is 0.873 bits per heavy atom. The van der Waals surface area contributed by atoms with Crippen molar-refractivity contribution >= 4 is 23.4 Å². The van der Waals surface area contributed by atoms with Crippen LogP contribution in [0.4, 0.5) is 0 Å². The predicted molar refractivity (Wildman–Crippen MR) is 203 cm³/mol. The van der Waals surface area contributed by atoms with Crippen molar-refractivity contribution in [3.63, 3.8) is 0 Å². The summed E-state index contributed by atoms with van der Waals surface area (Å²) in [5.74, 6) is -7.59. The lowest BCUT2D eigenvalue weighted by Crippen LogP contribution is -2.64. The van der Waals surface area contributed by atoms with E-state index in [1.807, 2.05) is 32.9 Å². The van der Waals surface area contributed by atoms with Crippen LogP contribution in [-0.4, -0.2) is 126 Å². The highest BCUT2D eigenvalue weighted by Crippen LogP contribution is 2.39. The molecule has 2 bridgehead atoms. The van der Waals surface area contributed by atoms with E-state index in [0.29, 0.717) is 50.5 Å². The van der Waals surface area contributed by atoms with Gasteiger partial charge in [0.1, 0.15) is 24.0 Å². The van der Waals surface area contributed by atoms with E-state index in [4.69, 9.17) is 23.7 Å². The first-order valence-corrected chi connectivity index (χ1v) is 20.2. The SMILES string of the molecule is COC1C[C@@H](C)C/C(C)=C\[C@@H](C)C(=O)C[C@H](O)[C@@H](C)C(/C(C)=C/[C@@H]2CC[C@@H](O)[C@H](OC)C2)OC(=O)[C@@H]2CCCCN2C(=O)C(=O)[C@]2(O)O[C@H]1[C@@H](OC)C[C@H]2C. The van der Waals surface area contributed by atoms with E-state index in [1.165, 1.54) is 19.1 Å². The molecular weight excluding hydrogens is 710 g/mol. The lowest BCUT2D eigenvalue weighted by atomic mass is 9.82. The van der Waals surface area contributed by atoms with Crippen molar-refractivity contribution in [2.45, 2.75) is 160 Å². The Morgan fingerprint density at radius 2 is 1.53 bits per heavy atom. The molecule has 4 rings (SSSR count). The number of carbonyl (C=O) groups is 4. The maximum absolute atomic E-state index is 14.2. The largest absolute Gasteiger partial charge is 0.456 e. The van der Waals surface area contributed by atoms with Crippen molar-refractivity contribution in [3.05, 3.63) is 23.3 Å². The Labute approximate surface area is 327 Å². The third-order valence-corrected chi connectivity index (χ3v) is 12.6. The summed E-state index contributed by atoms with van der Waals surface area (Å²) in [6.45, 7) is 11.1. The number of cyclic esters (lactones) is 1. The smallest absolute Gasteiger partial charge is 0.329 e. The van der Waals surface area contributed by atoms with Gasteiger partial charge in [0.25, 0.3) is 11.7 Å². The zero-order chi connectivity index (χ0) is 40.8. The van der Waals surface area contributed by atoms with Crippen LogP contribution in [0.1, 0.15) is 106 Å². The number of esters is 1. The minimum Gasteiger partial charge on any atom is -0.456 e. The zero-order valence-electron chi connectivity index (χ0n) is 34.4. The Balaban J connectivity index is 1.75. The number of fused-ring (bicyclic) bond motifs is 3. The molecule has 14 atom stereocenters. The second-order valence-corrected chi connectivity index (χ2v) is 16.9. The lowest BCUT2D eigenvalue weighted by molar-refractivity contribution is -0.302. The van der Waals surface area contributed by atoms with Crippen molar-refractivity contribution in [2.24, 2.45) is 29.6 Å². The fourth-order valence-corrected chi connectivity index (χ4v) is 9.16. The molecule has 0 aromatic heterocycles. The molecule has 1 saturated carbocycles. The summed E-state index contributed by atoms with van der Waals surface area (Å²) < 4.78 is 29.6. The Bertz CT molecular complexity index is 1410. The number of ether oxygens (including phenoxy) is 5. The Hall–Kier alpha value is -2.52. The molecule has 3 N–H and O–H groups in total. The summed E-state index contributed by atoms with van der Waals surface area (Å²) in [6, 6.07) is -1.13. The third kappa shape index (κ3) is 10.7. The summed E-state index contributed by atoms with van der Waals surface area (Å²) in [5, 5.41) is 33.9. The molecular formula is C42H67NO12. The molecule has 0 spiro atoms. The first-order chi connectivity index (χ1) is 25.9. The van der Waals surface area contributed by atoms with E-state index in [-0.39, 0.29) is 49.5 Å². The molecule has 3 aliphatic heterocycles. The number of aliphatic hydroxyl groups is 3. The summed E-state index contributed by atoms with van der Waals surface area (Å²) in [4.78, 5) is 57.3. The molecule has 0 radical (unpaired) electrons. The first kappa shape index (κ1) is 45.2. The molecule has 2 saturated heterocycles. The average Bonchev–Trinajstić information content (AvgIpc) is 3.15. The van der Waals surface area contributed by atoms with Gasteiger partial charge < -0.3 is 43.9 Å². The van der Waals surface area contributed by atoms with Gasteiger partial charge in [-0.05, 0) is 89.0 Å². The first-order valence-electron chi connectivity index (χ1n) is 20.2. The van der Waals surface area contributed by atoms with Crippen LogP contribution in [0.15, 0.2) is 23.3 Å². The van der Waals surface area contributed by atoms with Crippen LogP contribution >= 0.6 is 0 Å². The van der Waals surface area contributed by atoms with Crippen LogP contribution in [0, 0.1) is 29.6 Å². The highest BCUT2D eigenvalue weighted by Gasteiger charge is 2.56. The fraction of sp³-hybridized carbons (Fsp3) is 0.810. The molecule has 55 heavy (non-hydrogen) atoms. The van der Waals surface area contributed by atoms with Crippen molar-refractivity contribution in [2.75, 3.05) is 27.9 Å².